The molecule has 388 valence electrons. The van der Waals surface area contributed by atoms with Crippen LogP contribution in [0.1, 0.15) is 213 Å². The van der Waals surface area contributed by atoms with E-state index in [1.54, 1.807) is 0 Å². The largest absolute Gasteiger partial charge is 0.457 e. The highest BCUT2D eigenvalue weighted by molar-refractivity contribution is 5.69. The Labute approximate surface area is 404 Å². The third kappa shape index (κ3) is 39.8. The number of nitrogens with zero attached hydrogens (tertiary/aromatic N) is 5. The number of hydrogen-bond donors (Lipinski definition) is 0. The second-order valence-electron chi connectivity index (χ2n) is 18.9. The average molecular weight is 938 g/mol. The van der Waals surface area contributed by atoms with Gasteiger partial charge in [0.05, 0.1) is 38.7 Å². The molecule has 0 aromatic carbocycles. The maximum absolute atomic E-state index is 12.8. The van der Waals surface area contributed by atoms with Gasteiger partial charge in [-0.2, -0.15) is 0 Å². The average Bonchev–Trinajstić information content (AvgIpc) is 3.76. The number of hydrogen-bond acceptors (Lipinski definition) is 12. The SMILES string of the molecule is CCCCCCOCC(COCCCCCC)OC(=O)CCCCCCCN(CCCCCCCC(=O)OC(COCCCCCC)COCCCCCC)Cc1cn(CCN(C)C)nn1. The fraction of sp³-hybridized carbons (Fsp3) is 0.925. The second kappa shape index (κ2) is 46.6. The van der Waals surface area contributed by atoms with Crippen LogP contribution in [0.5, 0.6) is 0 Å². The maximum Gasteiger partial charge on any atom is 0.306 e. The van der Waals surface area contributed by atoms with E-state index in [0.717, 1.165) is 128 Å². The van der Waals surface area contributed by atoms with E-state index < -0.39 is 0 Å². The van der Waals surface area contributed by atoms with E-state index in [1.165, 1.54) is 77.0 Å². The topological polar surface area (TPSA) is 127 Å². The van der Waals surface area contributed by atoms with E-state index in [-0.39, 0.29) is 24.1 Å². The van der Waals surface area contributed by atoms with Crippen LogP contribution in [0, 0.1) is 0 Å². The molecule has 1 aromatic rings. The molecule has 0 spiro atoms. The van der Waals surface area contributed by atoms with Crippen molar-refractivity contribution in [2.45, 2.75) is 233 Å². The number of carbonyl (C=O) groups is 2. The van der Waals surface area contributed by atoms with E-state index in [4.69, 9.17) is 28.4 Å². The molecule has 0 bridgehead atoms. The molecule has 0 aliphatic rings. The molecular weight excluding hydrogens is 835 g/mol. The molecule has 0 saturated heterocycles. The molecular formula is C53H103N5O8. The van der Waals surface area contributed by atoms with Gasteiger partial charge in [0, 0.05) is 58.6 Å². The summed E-state index contributed by atoms with van der Waals surface area (Å²) in [6.07, 6.45) is 31.1. The van der Waals surface area contributed by atoms with Gasteiger partial charge in [-0.05, 0) is 78.6 Å². The molecule has 1 heterocycles. The number of unbranched alkanes of at least 4 members (excludes halogenated alkanes) is 20. The first-order valence-electron chi connectivity index (χ1n) is 27.3. The fourth-order valence-electron chi connectivity index (χ4n) is 7.70. The molecule has 0 saturated carbocycles. The third-order valence-electron chi connectivity index (χ3n) is 11.8. The Morgan fingerprint density at radius 3 is 1.24 bits per heavy atom. The Morgan fingerprint density at radius 1 is 0.500 bits per heavy atom. The van der Waals surface area contributed by atoms with Gasteiger partial charge in [-0.1, -0.05) is 148 Å². The van der Waals surface area contributed by atoms with Crippen LogP contribution in [-0.4, -0.2) is 136 Å². The minimum atomic E-state index is -0.345. The van der Waals surface area contributed by atoms with Gasteiger partial charge in [-0.15, -0.1) is 5.10 Å². The van der Waals surface area contributed by atoms with Crippen molar-refractivity contribution < 1.29 is 38.0 Å². The van der Waals surface area contributed by atoms with E-state index in [0.29, 0.717) is 65.7 Å². The lowest BCUT2D eigenvalue weighted by Crippen LogP contribution is -2.29. The summed E-state index contributed by atoms with van der Waals surface area (Å²) in [4.78, 5) is 30.3. The zero-order chi connectivity index (χ0) is 48.0. The molecule has 13 heteroatoms. The number of aromatic nitrogens is 3. The number of rotatable bonds is 51. The quantitative estimate of drug-likeness (QED) is 0.0456. The Hall–Kier alpha value is -2.16. The first-order valence-corrected chi connectivity index (χ1v) is 27.3. The first-order chi connectivity index (χ1) is 32.3. The van der Waals surface area contributed by atoms with Crippen LogP contribution in [0.15, 0.2) is 6.20 Å². The summed E-state index contributed by atoms with van der Waals surface area (Å²) in [6.45, 7) is 17.8. The summed E-state index contributed by atoms with van der Waals surface area (Å²) in [5, 5.41) is 8.89. The predicted molar refractivity (Wildman–Crippen MR) is 269 cm³/mol. The summed E-state index contributed by atoms with van der Waals surface area (Å²) < 4.78 is 37.2. The van der Waals surface area contributed by atoms with Crippen molar-refractivity contribution >= 4 is 11.9 Å². The molecule has 66 heavy (non-hydrogen) atoms. The zero-order valence-corrected chi connectivity index (χ0v) is 43.7. The van der Waals surface area contributed by atoms with Gasteiger partial charge >= 0.3 is 11.9 Å². The monoisotopic (exact) mass is 938 g/mol. The van der Waals surface area contributed by atoms with Crippen molar-refractivity contribution in [2.24, 2.45) is 0 Å². The third-order valence-corrected chi connectivity index (χ3v) is 11.8. The van der Waals surface area contributed by atoms with Crippen molar-refractivity contribution in [3.8, 4) is 0 Å². The van der Waals surface area contributed by atoms with Crippen LogP contribution in [0.4, 0.5) is 0 Å². The lowest BCUT2D eigenvalue weighted by molar-refractivity contribution is -0.157. The van der Waals surface area contributed by atoms with Crippen LogP contribution in [-0.2, 0) is 51.1 Å². The van der Waals surface area contributed by atoms with Crippen molar-refractivity contribution in [1.29, 1.82) is 0 Å². The van der Waals surface area contributed by atoms with Gasteiger partial charge in [-0.3, -0.25) is 19.2 Å². The van der Waals surface area contributed by atoms with Crippen LogP contribution >= 0.6 is 0 Å². The molecule has 13 nitrogen and oxygen atoms in total. The van der Waals surface area contributed by atoms with Gasteiger partial charge in [0.25, 0.3) is 0 Å². The van der Waals surface area contributed by atoms with E-state index >= 15 is 0 Å². The highest BCUT2D eigenvalue weighted by Crippen LogP contribution is 2.14. The van der Waals surface area contributed by atoms with Crippen molar-refractivity contribution in [1.82, 2.24) is 24.8 Å². The van der Waals surface area contributed by atoms with Crippen molar-refractivity contribution in [3.63, 3.8) is 0 Å². The lowest BCUT2D eigenvalue weighted by Gasteiger charge is -2.21. The number of carbonyl (C=O) groups excluding carboxylic acids is 2. The smallest absolute Gasteiger partial charge is 0.306 e. The Balaban J connectivity index is 2.49. The second-order valence-corrected chi connectivity index (χ2v) is 18.9. The summed E-state index contributed by atoms with van der Waals surface area (Å²) >= 11 is 0. The zero-order valence-electron chi connectivity index (χ0n) is 43.7. The fourth-order valence-corrected chi connectivity index (χ4v) is 7.70. The molecule has 1 aromatic heterocycles. The Morgan fingerprint density at radius 2 is 0.864 bits per heavy atom. The lowest BCUT2D eigenvalue weighted by atomic mass is 10.1. The molecule has 0 amide bonds. The molecule has 0 fully saturated rings. The molecule has 0 unspecified atom stereocenters. The van der Waals surface area contributed by atoms with Crippen LogP contribution in [0.25, 0.3) is 0 Å². The molecule has 0 N–H and O–H groups in total. The summed E-state index contributed by atoms with van der Waals surface area (Å²) in [5.74, 6) is -0.296. The summed E-state index contributed by atoms with van der Waals surface area (Å²) in [6, 6.07) is 0. The Bertz CT molecular complexity index is 1110. The summed E-state index contributed by atoms with van der Waals surface area (Å²) in [5.41, 5.74) is 1.01. The maximum atomic E-state index is 12.8. The van der Waals surface area contributed by atoms with Gasteiger partial charge in [0.1, 0.15) is 12.2 Å². The molecule has 0 atom stereocenters. The molecule has 0 radical (unpaired) electrons. The highest BCUT2D eigenvalue weighted by Gasteiger charge is 2.17. The summed E-state index contributed by atoms with van der Waals surface area (Å²) in [7, 11) is 4.15. The molecule has 0 aliphatic carbocycles. The predicted octanol–water partition coefficient (Wildman–Crippen LogP) is 11.5. The van der Waals surface area contributed by atoms with E-state index in [2.05, 4.69) is 68.1 Å². The van der Waals surface area contributed by atoms with Crippen molar-refractivity contribution in [3.05, 3.63) is 11.9 Å². The van der Waals surface area contributed by atoms with Crippen LogP contribution in [0.2, 0.25) is 0 Å². The Kier molecular flexibility index (Phi) is 43.6. The van der Waals surface area contributed by atoms with Gasteiger partial charge in [-0.25, -0.2) is 0 Å². The number of esters is 2. The van der Waals surface area contributed by atoms with E-state index in [9.17, 15) is 9.59 Å². The van der Waals surface area contributed by atoms with Crippen LogP contribution in [0.3, 0.4) is 0 Å². The standard InChI is InChI=1S/C53H103N5O8/c1-7-11-15-29-39-61-45-50(46-62-40-30-16-12-8-2)65-52(59)33-25-21-19-23-27-35-57(43-49-44-58(55-54-49)38-37-56(5)6)36-28-24-20-22-26-34-53(60)66-51(47-63-41-31-17-13-9-3)48-64-42-32-18-14-10-4/h44,50-51H,7-43,45-48H2,1-6H3. The van der Waals surface area contributed by atoms with Gasteiger partial charge in [0.2, 0.25) is 0 Å². The number of likely N-dealkylation sites (N-methyl/N-ethyl adjacent to an activating group) is 1. The normalized spacial score (nSPS) is 11.8. The van der Waals surface area contributed by atoms with Crippen molar-refractivity contribution in [2.75, 3.05) is 86.6 Å². The van der Waals surface area contributed by atoms with Gasteiger partial charge < -0.3 is 33.3 Å². The molecule has 0 aliphatic heterocycles. The van der Waals surface area contributed by atoms with Crippen LogP contribution < -0.4 is 0 Å². The highest BCUT2D eigenvalue weighted by atomic mass is 16.6. The number of ether oxygens (including phenoxy) is 6. The van der Waals surface area contributed by atoms with Gasteiger partial charge in [0.15, 0.2) is 0 Å². The first kappa shape index (κ1) is 61.9. The van der Waals surface area contributed by atoms with E-state index in [1.807, 2.05) is 4.68 Å². The minimum absolute atomic E-state index is 0.148. The molecule has 1 rings (SSSR count). The minimum Gasteiger partial charge on any atom is -0.457 e.